The van der Waals surface area contributed by atoms with Gasteiger partial charge in [0.1, 0.15) is 5.75 Å². The number of hydrogen-bond donors (Lipinski definition) is 1. The summed E-state index contributed by atoms with van der Waals surface area (Å²) in [4.78, 5) is 0. The van der Waals surface area contributed by atoms with Gasteiger partial charge in [0, 0.05) is 0 Å². The molecule has 1 N–H and O–H groups in total. The molecule has 15 heavy (non-hydrogen) atoms. The molecule has 0 heterocycles. The van der Waals surface area contributed by atoms with Crippen LogP contribution >= 0.6 is 11.6 Å². The van der Waals surface area contributed by atoms with Crippen LogP contribution < -0.4 is 4.74 Å². The number of aliphatic hydroxyl groups is 1. The Bertz CT molecular complexity index is 310. The van der Waals surface area contributed by atoms with E-state index in [1.165, 1.54) is 0 Å². The summed E-state index contributed by atoms with van der Waals surface area (Å²) in [6.07, 6.45) is 1.46. The van der Waals surface area contributed by atoms with Crippen LogP contribution in [-0.2, 0) is 6.42 Å². The van der Waals surface area contributed by atoms with Crippen molar-refractivity contribution in [3.05, 3.63) is 29.8 Å². The fraction of sp³-hybridized carbons (Fsp3) is 0.500. The lowest BCUT2D eigenvalue weighted by molar-refractivity contribution is 0.0750. The van der Waals surface area contributed by atoms with Crippen molar-refractivity contribution in [2.45, 2.75) is 25.4 Å². The van der Waals surface area contributed by atoms with Crippen molar-refractivity contribution in [2.75, 3.05) is 13.0 Å². The fourth-order valence-corrected chi connectivity index (χ4v) is 1.44. The van der Waals surface area contributed by atoms with Gasteiger partial charge in [0.25, 0.3) is 0 Å². The molecule has 0 aliphatic rings. The van der Waals surface area contributed by atoms with Crippen molar-refractivity contribution in [3.63, 3.8) is 0 Å². The molecular weight excluding hydrogens is 212 g/mol. The molecule has 0 radical (unpaired) electrons. The highest BCUT2D eigenvalue weighted by molar-refractivity contribution is 6.18. The summed E-state index contributed by atoms with van der Waals surface area (Å²) in [7, 11) is 1.65. The molecule has 0 aromatic heterocycles. The standard InChI is InChI=1S/C12H17ClO2/c1-12(14,9-13)7-6-10-4-3-5-11(8-10)15-2/h3-5,8,14H,6-7,9H2,1-2H3. The molecule has 0 aliphatic heterocycles. The van der Waals surface area contributed by atoms with Crippen LogP contribution in [0.1, 0.15) is 18.9 Å². The maximum atomic E-state index is 9.75. The second-order valence-corrected chi connectivity index (χ2v) is 4.25. The highest BCUT2D eigenvalue weighted by Crippen LogP contribution is 2.18. The summed E-state index contributed by atoms with van der Waals surface area (Å²) in [5.41, 5.74) is 0.365. The van der Waals surface area contributed by atoms with E-state index in [0.717, 1.165) is 17.7 Å². The summed E-state index contributed by atoms with van der Waals surface area (Å²) in [5, 5.41) is 9.75. The minimum Gasteiger partial charge on any atom is -0.497 e. The molecule has 1 rings (SSSR count). The first-order valence-corrected chi connectivity index (χ1v) is 5.52. The summed E-state index contributed by atoms with van der Waals surface area (Å²) in [6, 6.07) is 7.85. The maximum Gasteiger partial charge on any atom is 0.119 e. The van der Waals surface area contributed by atoms with Crippen molar-refractivity contribution in [2.24, 2.45) is 0 Å². The summed E-state index contributed by atoms with van der Waals surface area (Å²) < 4.78 is 5.12. The Morgan fingerprint density at radius 1 is 1.47 bits per heavy atom. The van der Waals surface area contributed by atoms with Crippen LogP contribution in [0.25, 0.3) is 0 Å². The third kappa shape index (κ3) is 4.10. The van der Waals surface area contributed by atoms with Crippen LogP contribution in [0.15, 0.2) is 24.3 Å². The zero-order chi connectivity index (χ0) is 11.3. The van der Waals surface area contributed by atoms with Gasteiger partial charge in [-0.3, -0.25) is 0 Å². The van der Waals surface area contributed by atoms with Gasteiger partial charge >= 0.3 is 0 Å². The molecule has 1 aromatic carbocycles. The second kappa shape index (κ2) is 5.38. The third-order valence-corrected chi connectivity index (χ3v) is 2.95. The number of ether oxygens (including phenoxy) is 1. The Balaban J connectivity index is 2.57. The Kier molecular flexibility index (Phi) is 4.43. The highest BCUT2D eigenvalue weighted by Gasteiger charge is 2.18. The largest absolute Gasteiger partial charge is 0.497 e. The van der Waals surface area contributed by atoms with Crippen LogP contribution in [0, 0.1) is 0 Å². The average molecular weight is 229 g/mol. The fourth-order valence-electron chi connectivity index (χ4n) is 1.31. The number of aryl methyl sites for hydroxylation is 1. The molecule has 3 heteroatoms. The van der Waals surface area contributed by atoms with Gasteiger partial charge < -0.3 is 9.84 Å². The van der Waals surface area contributed by atoms with E-state index < -0.39 is 5.60 Å². The Morgan fingerprint density at radius 3 is 2.80 bits per heavy atom. The Labute approximate surface area is 95.8 Å². The normalized spacial score (nSPS) is 14.7. The molecule has 0 saturated carbocycles. The number of hydrogen-bond acceptors (Lipinski definition) is 2. The van der Waals surface area contributed by atoms with Crippen LogP contribution in [0.4, 0.5) is 0 Å². The number of benzene rings is 1. The van der Waals surface area contributed by atoms with Gasteiger partial charge in [-0.25, -0.2) is 0 Å². The van der Waals surface area contributed by atoms with Crippen LogP contribution in [0.3, 0.4) is 0 Å². The van der Waals surface area contributed by atoms with Gasteiger partial charge in [-0.15, -0.1) is 11.6 Å². The van der Waals surface area contributed by atoms with Crippen molar-refractivity contribution >= 4 is 11.6 Å². The topological polar surface area (TPSA) is 29.5 Å². The first-order valence-electron chi connectivity index (χ1n) is 4.99. The van der Waals surface area contributed by atoms with E-state index in [-0.39, 0.29) is 5.88 Å². The number of rotatable bonds is 5. The van der Waals surface area contributed by atoms with Crippen LogP contribution in [0.5, 0.6) is 5.75 Å². The number of methoxy groups -OCH3 is 1. The highest BCUT2D eigenvalue weighted by atomic mass is 35.5. The molecular formula is C12H17ClO2. The predicted octanol–water partition coefficient (Wildman–Crippen LogP) is 2.62. The first kappa shape index (κ1) is 12.3. The molecule has 1 unspecified atom stereocenters. The van der Waals surface area contributed by atoms with E-state index in [4.69, 9.17) is 16.3 Å². The molecule has 0 fully saturated rings. The summed E-state index contributed by atoms with van der Waals surface area (Å²) in [5.74, 6) is 1.11. The van der Waals surface area contributed by atoms with E-state index in [1.54, 1.807) is 14.0 Å². The second-order valence-electron chi connectivity index (χ2n) is 3.98. The molecule has 0 spiro atoms. The summed E-state index contributed by atoms with van der Waals surface area (Å²) in [6.45, 7) is 1.75. The summed E-state index contributed by atoms with van der Waals surface area (Å²) >= 11 is 5.64. The van der Waals surface area contributed by atoms with E-state index in [2.05, 4.69) is 0 Å². The van der Waals surface area contributed by atoms with Crippen molar-refractivity contribution in [3.8, 4) is 5.75 Å². The predicted molar refractivity (Wildman–Crippen MR) is 62.7 cm³/mol. The molecule has 1 atom stereocenters. The molecule has 0 aliphatic carbocycles. The monoisotopic (exact) mass is 228 g/mol. The SMILES string of the molecule is COc1cccc(CCC(C)(O)CCl)c1. The van der Waals surface area contributed by atoms with Crippen molar-refractivity contribution in [1.29, 1.82) is 0 Å². The van der Waals surface area contributed by atoms with E-state index >= 15 is 0 Å². The van der Waals surface area contributed by atoms with Crippen molar-refractivity contribution in [1.82, 2.24) is 0 Å². The van der Waals surface area contributed by atoms with Gasteiger partial charge in [-0.1, -0.05) is 12.1 Å². The van der Waals surface area contributed by atoms with Gasteiger partial charge in [-0.2, -0.15) is 0 Å². The molecule has 0 saturated heterocycles. The lowest BCUT2D eigenvalue weighted by atomic mass is 9.99. The van der Waals surface area contributed by atoms with Crippen LogP contribution in [-0.4, -0.2) is 23.7 Å². The maximum absolute atomic E-state index is 9.75. The van der Waals surface area contributed by atoms with Crippen molar-refractivity contribution < 1.29 is 9.84 Å². The van der Waals surface area contributed by atoms with E-state index in [9.17, 15) is 5.11 Å². The molecule has 2 nitrogen and oxygen atoms in total. The van der Waals surface area contributed by atoms with Gasteiger partial charge in [0.15, 0.2) is 0 Å². The quantitative estimate of drug-likeness (QED) is 0.786. The Hall–Kier alpha value is -0.730. The lowest BCUT2D eigenvalue weighted by Crippen LogP contribution is -2.26. The molecule has 0 bridgehead atoms. The molecule has 84 valence electrons. The van der Waals surface area contributed by atoms with Gasteiger partial charge in [-0.05, 0) is 37.5 Å². The van der Waals surface area contributed by atoms with Gasteiger partial charge in [0.05, 0.1) is 18.6 Å². The zero-order valence-electron chi connectivity index (χ0n) is 9.16. The lowest BCUT2D eigenvalue weighted by Gasteiger charge is -2.19. The minimum absolute atomic E-state index is 0.261. The van der Waals surface area contributed by atoms with Gasteiger partial charge in [0.2, 0.25) is 0 Å². The van der Waals surface area contributed by atoms with Crippen LogP contribution in [0.2, 0.25) is 0 Å². The minimum atomic E-state index is -0.787. The average Bonchev–Trinajstić information content (AvgIpc) is 2.27. The smallest absolute Gasteiger partial charge is 0.119 e. The third-order valence-electron chi connectivity index (χ3n) is 2.37. The molecule has 0 amide bonds. The number of halogens is 1. The molecule has 1 aromatic rings. The van der Waals surface area contributed by atoms with E-state index in [1.807, 2.05) is 24.3 Å². The Morgan fingerprint density at radius 2 is 2.20 bits per heavy atom. The van der Waals surface area contributed by atoms with E-state index in [0.29, 0.717) is 6.42 Å². The zero-order valence-corrected chi connectivity index (χ0v) is 9.92. The number of alkyl halides is 1. The first-order chi connectivity index (χ1) is 7.07.